The van der Waals surface area contributed by atoms with Crippen molar-refractivity contribution in [2.45, 2.75) is 39.3 Å². The van der Waals surface area contributed by atoms with Crippen LogP contribution in [0.4, 0.5) is 0 Å². The Balaban J connectivity index is 2.68. The molecule has 1 amide bonds. The first-order valence-electron chi connectivity index (χ1n) is 5.57. The standard InChI is InChI=1S/C11H16BrN3O2/c1-3-8(4-2)14-10(16)6-15-7-13-5-9(12)11(15)17/h5,7-8H,3-4,6H2,1-2H3,(H,14,16). The van der Waals surface area contributed by atoms with Crippen molar-refractivity contribution in [1.82, 2.24) is 14.9 Å². The molecule has 5 nitrogen and oxygen atoms in total. The Morgan fingerprint density at radius 3 is 2.76 bits per heavy atom. The van der Waals surface area contributed by atoms with Crippen LogP contribution < -0.4 is 10.9 Å². The first-order chi connectivity index (χ1) is 8.08. The lowest BCUT2D eigenvalue weighted by Gasteiger charge is -2.15. The zero-order chi connectivity index (χ0) is 12.8. The second kappa shape index (κ2) is 6.54. The van der Waals surface area contributed by atoms with E-state index in [4.69, 9.17) is 0 Å². The molecule has 0 aliphatic heterocycles. The highest BCUT2D eigenvalue weighted by atomic mass is 79.9. The molecule has 0 aromatic carbocycles. The minimum absolute atomic E-state index is 0.00176. The van der Waals surface area contributed by atoms with E-state index in [1.54, 1.807) is 0 Å². The monoisotopic (exact) mass is 301 g/mol. The first kappa shape index (κ1) is 13.9. The van der Waals surface area contributed by atoms with Crippen LogP contribution in [0.25, 0.3) is 0 Å². The Bertz CT molecular complexity index is 441. The third kappa shape index (κ3) is 3.96. The van der Waals surface area contributed by atoms with Crippen molar-refractivity contribution in [3.63, 3.8) is 0 Å². The molecule has 1 rings (SSSR count). The minimum Gasteiger partial charge on any atom is -0.352 e. The maximum Gasteiger partial charge on any atom is 0.268 e. The van der Waals surface area contributed by atoms with E-state index in [0.29, 0.717) is 4.47 Å². The summed E-state index contributed by atoms with van der Waals surface area (Å²) >= 11 is 3.09. The van der Waals surface area contributed by atoms with Gasteiger partial charge in [-0.15, -0.1) is 0 Å². The van der Waals surface area contributed by atoms with Crippen LogP contribution in [0.1, 0.15) is 26.7 Å². The maximum absolute atomic E-state index is 11.7. The zero-order valence-electron chi connectivity index (χ0n) is 9.94. The Hall–Kier alpha value is -1.17. The van der Waals surface area contributed by atoms with Gasteiger partial charge in [0.25, 0.3) is 5.56 Å². The fourth-order valence-electron chi connectivity index (χ4n) is 1.46. The number of carbonyl (C=O) groups is 1. The average molecular weight is 302 g/mol. The average Bonchev–Trinajstić information content (AvgIpc) is 2.32. The Morgan fingerprint density at radius 1 is 1.53 bits per heavy atom. The maximum atomic E-state index is 11.7. The van der Waals surface area contributed by atoms with Gasteiger partial charge in [-0.1, -0.05) is 13.8 Å². The van der Waals surface area contributed by atoms with Gasteiger partial charge in [0, 0.05) is 12.2 Å². The summed E-state index contributed by atoms with van der Waals surface area (Å²) < 4.78 is 1.64. The van der Waals surface area contributed by atoms with Crippen molar-refractivity contribution < 1.29 is 4.79 Å². The third-order valence-corrected chi connectivity index (χ3v) is 3.07. The van der Waals surface area contributed by atoms with E-state index in [9.17, 15) is 9.59 Å². The number of nitrogens with one attached hydrogen (secondary N) is 1. The lowest BCUT2D eigenvalue weighted by molar-refractivity contribution is -0.122. The van der Waals surface area contributed by atoms with Crippen LogP contribution >= 0.6 is 15.9 Å². The van der Waals surface area contributed by atoms with Gasteiger partial charge in [0.05, 0.1) is 6.33 Å². The number of hydrogen-bond acceptors (Lipinski definition) is 3. The van der Waals surface area contributed by atoms with Gasteiger partial charge < -0.3 is 5.32 Å². The van der Waals surface area contributed by atoms with E-state index < -0.39 is 0 Å². The largest absolute Gasteiger partial charge is 0.352 e. The Labute approximate surface area is 108 Å². The first-order valence-corrected chi connectivity index (χ1v) is 6.37. The van der Waals surface area contributed by atoms with Crippen LogP contribution in [0.2, 0.25) is 0 Å². The van der Waals surface area contributed by atoms with Crippen LogP contribution in [0, 0.1) is 0 Å². The third-order valence-electron chi connectivity index (χ3n) is 2.52. The predicted molar refractivity (Wildman–Crippen MR) is 68.7 cm³/mol. The molecule has 0 aliphatic carbocycles. The molecule has 0 bridgehead atoms. The SMILES string of the molecule is CCC(CC)NC(=O)Cn1cncc(Br)c1=O. The second-order valence-electron chi connectivity index (χ2n) is 3.76. The second-order valence-corrected chi connectivity index (χ2v) is 4.61. The quantitative estimate of drug-likeness (QED) is 0.892. The molecule has 6 heteroatoms. The number of rotatable bonds is 5. The van der Waals surface area contributed by atoms with Gasteiger partial charge in [-0.25, -0.2) is 4.98 Å². The number of carbonyl (C=O) groups excluding carboxylic acids is 1. The van der Waals surface area contributed by atoms with Gasteiger partial charge >= 0.3 is 0 Å². The topological polar surface area (TPSA) is 64.0 Å². The van der Waals surface area contributed by atoms with Gasteiger partial charge in [0.15, 0.2) is 0 Å². The van der Waals surface area contributed by atoms with E-state index in [1.165, 1.54) is 17.1 Å². The molecule has 0 radical (unpaired) electrons. The molecule has 0 aliphatic rings. The van der Waals surface area contributed by atoms with Gasteiger partial charge in [-0.2, -0.15) is 0 Å². The molecule has 0 atom stereocenters. The number of amides is 1. The molecule has 94 valence electrons. The summed E-state index contributed by atoms with van der Waals surface area (Å²) in [4.78, 5) is 27.2. The molecule has 0 saturated carbocycles. The fourth-order valence-corrected chi connectivity index (χ4v) is 1.80. The number of nitrogens with zero attached hydrogens (tertiary/aromatic N) is 2. The molecule has 1 aromatic rings. The summed E-state index contributed by atoms with van der Waals surface area (Å²) in [5.41, 5.74) is -0.250. The Morgan fingerprint density at radius 2 is 2.18 bits per heavy atom. The molecule has 0 unspecified atom stereocenters. The zero-order valence-corrected chi connectivity index (χ0v) is 11.5. The molecule has 0 fully saturated rings. The summed E-state index contributed by atoms with van der Waals surface area (Å²) in [6.07, 6.45) is 4.54. The smallest absolute Gasteiger partial charge is 0.268 e. The van der Waals surface area contributed by atoms with Gasteiger partial charge in [-0.3, -0.25) is 14.2 Å². The lowest BCUT2D eigenvalue weighted by Crippen LogP contribution is -2.38. The van der Waals surface area contributed by atoms with Gasteiger partial charge in [-0.05, 0) is 28.8 Å². The van der Waals surface area contributed by atoms with Crippen LogP contribution in [0.15, 0.2) is 21.8 Å². The van der Waals surface area contributed by atoms with Crippen molar-refractivity contribution in [1.29, 1.82) is 0 Å². The Kier molecular flexibility index (Phi) is 5.34. The van der Waals surface area contributed by atoms with Crippen molar-refractivity contribution in [3.8, 4) is 0 Å². The minimum atomic E-state index is -0.250. The normalized spacial score (nSPS) is 10.6. The van der Waals surface area contributed by atoms with Crippen LogP contribution in [0.5, 0.6) is 0 Å². The summed E-state index contributed by atoms with van der Waals surface area (Å²) in [5.74, 6) is -0.166. The number of hydrogen-bond donors (Lipinski definition) is 1. The van der Waals surface area contributed by atoms with Crippen LogP contribution in [0.3, 0.4) is 0 Å². The van der Waals surface area contributed by atoms with E-state index in [-0.39, 0.29) is 24.1 Å². The van der Waals surface area contributed by atoms with Crippen LogP contribution in [-0.4, -0.2) is 21.5 Å². The molecule has 0 spiro atoms. The summed E-state index contributed by atoms with van der Waals surface area (Å²) in [6, 6.07) is 0.165. The molecular weight excluding hydrogens is 286 g/mol. The highest BCUT2D eigenvalue weighted by Crippen LogP contribution is 1.99. The summed E-state index contributed by atoms with van der Waals surface area (Å²) in [6.45, 7) is 4.03. The summed E-state index contributed by atoms with van der Waals surface area (Å²) in [7, 11) is 0. The highest BCUT2D eigenvalue weighted by molar-refractivity contribution is 9.10. The van der Waals surface area contributed by atoms with E-state index in [1.807, 2.05) is 13.8 Å². The van der Waals surface area contributed by atoms with E-state index >= 15 is 0 Å². The van der Waals surface area contributed by atoms with E-state index in [2.05, 4.69) is 26.2 Å². The van der Waals surface area contributed by atoms with Crippen molar-refractivity contribution in [3.05, 3.63) is 27.4 Å². The van der Waals surface area contributed by atoms with Crippen molar-refractivity contribution >= 4 is 21.8 Å². The van der Waals surface area contributed by atoms with Crippen molar-refractivity contribution in [2.24, 2.45) is 0 Å². The molecule has 0 saturated heterocycles. The molecule has 17 heavy (non-hydrogen) atoms. The van der Waals surface area contributed by atoms with Gasteiger partial charge in [0.1, 0.15) is 11.0 Å². The molecule has 1 aromatic heterocycles. The number of halogens is 1. The lowest BCUT2D eigenvalue weighted by atomic mass is 10.2. The van der Waals surface area contributed by atoms with Crippen molar-refractivity contribution in [2.75, 3.05) is 0 Å². The summed E-state index contributed by atoms with van der Waals surface area (Å²) in [5, 5.41) is 2.87. The molecule has 1 heterocycles. The van der Waals surface area contributed by atoms with Gasteiger partial charge in [0.2, 0.25) is 5.91 Å². The van der Waals surface area contributed by atoms with E-state index in [0.717, 1.165) is 12.8 Å². The van der Waals surface area contributed by atoms with Crippen LogP contribution in [-0.2, 0) is 11.3 Å². The predicted octanol–water partition coefficient (Wildman–Crippen LogP) is 1.31. The highest BCUT2D eigenvalue weighted by Gasteiger charge is 2.10. The molecular formula is C11H16BrN3O2. The number of aromatic nitrogens is 2. The molecule has 1 N–H and O–H groups in total. The fraction of sp³-hybridized carbons (Fsp3) is 0.545.